The molecule has 3 rings (SSSR count). The molecule has 3 heterocycles. The highest BCUT2D eigenvalue weighted by Gasteiger charge is 2.31. The minimum atomic E-state index is 0.483. The van der Waals surface area contributed by atoms with Crippen molar-refractivity contribution in [3.8, 4) is 0 Å². The largest absolute Gasteiger partial charge is 0.366 e. The first kappa shape index (κ1) is 12.9. The fourth-order valence-corrected chi connectivity index (χ4v) is 3.28. The van der Waals surface area contributed by atoms with Gasteiger partial charge in [-0.3, -0.25) is 9.58 Å². The van der Waals surface area contributed by atoms with E-state index in [9.17, 15) is 0 Å². The van der Waals surface area contributed by atoms with E-state index in [1.165, 1.54) is 44.8 Å². The predicted molar refractivity (Wildman–Crippen MR) is 77.5 cm³/mol. The molecule has 0 saturated carbocycles. The molecule has 0 spiro atoms. The molecular weight excluding hydrogens is 238 g/mol. The Hall–Kier alpha value is -1.07. The second kappa shape index (κ2) is 5.13. The third-order valence-corrected chi connectivity index (χ3v) is 4.49. The van der Waals surface area contributed by atoms with Crippen LogP contribution in [-0.2, 0) is 7.05 Å². The van der Waals surface area contributed by atoms with Gasteiger partial charge in [0.25, 0.3) is 0 Å². The number of aromatic nitrogens is 2. The van der Waals surface area contributed by atoms with Crippen LogP contribution in [0.5, 0.6) is 0 Å². The topological polar surface area (TPSA) is 36.3 Å². The lowest BCUT2D eigenvalue weighted by Gasteiger charge is -2.39. The SMILES string of the molecule is Cn1cc(N2CCN(CC3(C)CCNC3)CC2)cn1. The Morgan fingerprint density at radius 1 is 1.32 bits per heavy atom. The van der Waals surface area contributed by atoms with Crippen LogP contribution in [0.25, 0.3) is 0 Å². The maximum absolute atomic E-state index is 4.26. The zero-order chi connectivity index (χ0) is 13.3. The lowest BCUT2D eigenvalue weighted by atomic mass is 9.89. The summed E-state index contributed by atoms with van der Waals surface area (Å²) in [6, 6.07) is 0. The predicted octanol–water partition coefficient (Wildman–Crippen LogP) is 0.542. The highest BCUT2D eigenvalue weighted by Crippen LogP contribution is 2.26. The van der Waals surface area contributed by atoms with Crippen LogP contribution in [0.3, 0.4) is 0 Å². The van der Waals surface area contributed by atoms with Gasteiger partial charge in [0.15, 0.2) is 0 Å². The van der Waals surface area contributed by atoms with Crippen LogP contribution >= 0.6 is 0 Å². The monoisotopic (exact) mass is 263 g/mol. The highest BCUT2D eigenvalue weighted by molar-refractivity contribution is 5.42. The van der Waals surface area contributed by atoms with Crippen LogP contribution in [0.2, 0.25) is 0 Å². The summed E-state index contributed by atoms with van der Waals surface area (Å²) in [4.78, 5) is 5.07. The summed E-state index contributed by atoms with van der Waals surface area (Å²) >= 11 is 0. The Labute approximate surface area is 115 Å². The summed E-state index contributed by atoms with van der Waals surface area (Å²) in [6.45, 7) is 10.6. The Morgan fingerprint density at radius 3 is 2.68 bits per heavy atom. The van der Waals surface area contributed by atoms with Crippen LogP contribution in [0.4, 0.5) is 5.69 Å². The first-order chi connectivity index (χ1) is 9.15. The van der Waals surface area contributed by atoms with Gasteiger partial charge in [-0.15, -0.1) is 0 Å². The Kier molecular flexibility index (Phi) is 3.50. The van der Waals surface area contributed by atoms with Gasteiger partial charge < -0.3 is 10.2 Å². The summed E-state index contributed by atoms with van der Waals surface area (Å²) in [5.74, 6) is 0. The fourth-order valence-electron chi connectivity index (χ4n) is 3.28. The third kappa shape index (κ3) is 2.92. The van der Waals surface area contributed by atoms with E-state index in [0.717, 1.165) is 13.1 Å². The van der Waals surface area contributed by atoms with E-state index in [1.54, 1.807) is 0 Å². The average Bonchev–Trinajstić information content (AvgIpc) is 3.00. The molecule has 0 amide bonds. The first-order valence-electron chi connectivity index (χ1n) is 7.31. The summed E-state index contributed by atoms with van der Waals surface area (Å²) in [5, 5.41) is 7.75. The molecule has 5 nitrogen and oxygen atoms in total. The van der Waals surface area contributed by atoms with Gasteiger partial charge in [0.1, 0.15) is 0 Å². The molecule has 19 heavy (non-hydrogen) atoms. The second-order valence-electron chi connectivity index (χ2n) is 6.37. The number of piperazine rings is 1. The van der Waals surface area contributed by atoms with Gasteiger partial charge in [-0.1, -0.05) is 6.92 Å². The van der Waals surface area contributed by atoms with Crippen molar-refractivity contribution in [2.24, 2.45) is 12.5 Å². The van der Waals surface area contributed by atoms with E-state index in [-0.39, 0.29) is 0 Å². The number of nitrogens with one attached hydrogen (secondary N) is 1. The molecule has 0 bridgehead atoms. The number of nitrogens with zero attached hydrogens (tertiary/aromatic N) is 4. The van der Waals surface area contributed by atoms with Crippen LogP contribution in [0.1, 0.15) is 13.3 Å². The normalized spacial score (nSPS) is 29.1. The Morgan fingerprint density at radius 2 is 2.11 bits per heavy atom. The van der Waals surface area contributed by atoms with E-state index in [4.69, 9.17) is 0 Å². The molecule has 1 N–H and O–H groups in total. The van der Waals surface area contributed by atoms with Crippen LogP contribution in [-0.4, -0.2) is 60.5 Å². The zero-order valence-corrected chi connectivity index (χ0v) is 12.1. The van der Waals surface area contributed by atoms with Gasteiger partial charge in [-0.2, -0.15) is 5.10 Å². The van der Waals surface area contributed by atoms with E-state index < -0.39 is 0 Å². The van der Waals surface area contributed by atoms with Crippen LogP contribution in [0.15, 0.2) is 12.4 Å². The van der Waals surface area contributed by atoms with Gasteiger partial charge in [0.2, 0.25) is 0 Å². The molecule has 2 fully saturated rings. The van der Waals surface area contributed by atoms with Gasteiger partial charge >= 0.3 is 0 Å². The lowest BCUT2D eigenvalue weighted by Crippen LogP contribution is -2.49. The van der Waals surface area contributed by atoms with Crippen molar-refractivity contribution in [1.82, 2.24) is 20.0 Å². The standard InChI is InChI=1S/C14H25N5/c1-14(3-4-15-11-14)12-18-5-7-19(8-6-18)13-9-16-17(2)10-13/h9-10,15H,3-8,11-12H2,1-2H3. The molecule has 1 atom stereocenters. The lowest BCUT2D eigenvalue weighted by molar-refractivity contribution is 0.169. The number of hydrogen-bond acceptors (Lipinski definition) is 4. The second-order valence-corrected chi connectivity index (χ2v) is 6.37. The maximum Gasteiger partial charge on any atom is 0.0753 e. The number of rotatable bonds is 3. The zero-order valence-electron chi connectivity index (χ0n) is 12.1. The molecule has 5 heteroatoms. The summed E-state index contributed by atoms with van der Waals surface area (Å²) in [5.41, 5.74) is 1.74. The maximum atomic E-state index is 4.26. The summed E-state index contributed by atoms with van der Waals surface area (Å²) in [6.07, 6.45) is 5.39. The minimum Gasteiger partial charge on any atom is -0.366 e. The molecule has 2 saturated heterocycles. The number of aryl methyl sites for hydroxylation is 1. The fraction of sp³-hybridized carbons (Fsp3) is 0.786. The van der Waals surface area contributed by atoms with Crippen molar-refractivity contribution in [3.63, 3.8) is 0 Å². The van der Waals surface area contributed by atoms with Crippen molar-refractivity contribution in [2.75, 3.05) is 50.7 Å². The smallest absolute Gasteiger partial charge is 0.0753 e. The van der Waals surface area contributed by atoms with Crippen molar-refractivity contribution < 1.29 is 0 Å². The molecule has 0 aliphatic carbocycles. The van der Waals surface area contributed by atoms with Crippen molar-refractivity contribution >= 4 is 5.69 Å². The van der Waals surface area contributed by atoms with E-state index >= 15 is 0 Å². The molecule has 2 aliphatic rings. The molecule has 0 aromatic carbocycles. The van der Waals surface area contributed by atoms with E-state index in [1.807, 2.05) is 17.9 Å². The molecule has 1 aromatic heterocycles. The van der Waals surface area contributed by atoms with Crippen molar-refractivity contribution in [3.05, 3.63) is 12.4 Å². The molecule has 1 unspecified atom stereocenters. The van der Waals surface area contributed by atoms with Crippen molar-refractivity contribution in [2.45, 2.75) is 13.3 Å². The van der Waals surface area contributed by atoms with Gasteiger partial charge in [0, 0.05) is 52.5 Å². The van der Waals surface area contributed by atoms with Crippen molar-refractivity contribution in [1.29, 1.82) is 0 Å². The third-order valence-electron chi connectivity index (χ3n) is 4.49. The molecule has 106 valence electrons. The number of anilines is 1. The van der Waals surface area contributed by atoms with Gasteiger partial charge in [-0.25, -0.2) is 0 Å². The van der Waals surface area contributed by atoms with E-state index in [0.29, 0.717) is 5.41 Å². The highest BCUT2D eigenvalue weighted by atomic mass is 15.3. The minimum absolute atomic E-state index is 0.483. The Balaban J connectivity index is 1.52. The number of hydrogen-bond donors (Lipinski definition) is 1. The first-order valence-corrected chi connectivity index (χ1v) is 7.31. The molecule has 2 aliphatic heterocycles. The Bertz CT molecular complexity index is 413. The van der Waals surface area contributed by atoms with Crippen LogP contribution in [0, 0.1) is 5.41 Å². The quantitative estimate of drug-likeness (QED) is 0.863. The van der Waals surface area contributed by atoms with E-state index in [2.05, 4.69) is 33.3 Å². The summed E-state index contributed by atoms with van der Waals surface area (Å²) < 4.78 is 1.88. The molecule has 0 radical (unpaired) electrons. The molecular formula is C14H25N5. The van der Waals surface area contributed by atoms with Gasteiger partial charge in [0.05, 0.1) is 11.9 Å². The molecule has 1 aromatic rings. The van der Waals surface area contributed by atoms with Gasteiger partial charge in [-0.05, 0) is 18.4 Å². The average molecular weight is 263 g/mol. The van der Waals surface area contributed by atoms with Crippen LogP contribution < -0.4 is 10.2 Å². The summed E-state index contributed by atoms with van der Waals surface area (Å²) in [7, 11) is 1.98.